The van der Waals surface area contributed by atoms with Crippen LogP contribution < -0.4 is 16.1 Å². The van der Waals surface area contributed by atoms with Crippen LogP contribution in [-0.2, 0) is 14.4 Å². The van der Waals surface area contributed by atoms with Crippen molar-refractivity contribution in [2.75, 3.05) is 19.6 Å². The molecular weight excluding hydrogens is 400 g/mol. The van der Waals surface area contributed by atoms with Gasteiger partial charge in [0, 0.05) is 38.4 Å². The lowest BCUT2D eigenvalue weighted by Crippen LogP contribution is -2.62. The third kappa shape index (κ3) is 8.22. The summed E-state index contributed by atoms with van der Waals surface area (Å²) in [6, 6.07) is -1.74. The van der Waals surface area contributed by atoms with Crippen molar-refractivity contribution in [3.63, 3.8) is 0 Å². The molecule has 9 heteroatoms. The molecule has 0 aromatic carbocycles. The fourth-order valence-corrected chi connectivity index (χ4v) is 3.94. The predicted octanol–water partition coefficient (Wildman–Crippen LogP) is 2.02. The highest BCUT2D eigenvalue weighted by atomic mass is 16.5. The standard InChI is InChI=1S/C22H40N4O5/c1-5-8-9-10-16(13-19(28)25-31)21(29)17-14-23-11-12-26(17)22(30)24-20(15(4)6-2)18(27)7-3/h15-17,20,23,31H,5-14H2,1-4H3,(H,24,30)(H,25,28)/t15-,16+,17?,20-/m0/s1. The maximum absolute atomic E-state index is 13.3. The monoisotopic (exact) mass is 440 g/mol. The lowest BCUT2D eigenvalue weighted by atomic mass is 9.88. The number of urea groups is 1. The van der Waals surface area contributed by atoms with Gasteiger partial charge in [-0.2, -0.15) is 0 Å². The molecule has 0 spiro atoms. The van der Waals surface area contributed by atoms with Crippen molar-refractivity contribution in [1.29, 1.82) is 0 Å². The first-order valence-corrected chi connectivity index (χ1v) is 11.6. The summed E-state index contributed by atoms with van der Waals surface area (Å²) in [6.07, 6.45) is 4.19. The Morgan fingerprint density at radius 3 is 2.45 bits per heavy atom. The van der Waals surface area contributed by atoms with Gasteiger partial charge in [-0.1, -0.05) is 53.4 Å². The maximum atomic E-state index is 13.3. The number of nitrogens with zero attached hydrogens (tertiary/aromatic N) is 1. The van der Waals surface area contributed by atoms with Gasteiger partial charge in [-0.15, -0.1) is 0 Å². The lowest BCUT2D eigenvalue weighted by Gasteiger charge is -2.38. The van der Waals surface area contributed by atoms with Crippen molar-refractivity contribution < 1.29 is 24.4 Å². The van der Waals surface area contributed by atoms with E-state index in [9.17, 15) is 19.2 Å². The number of hydrogen-bond donors (Lipinski definition) is 4. The highest BCUT2D eigenvalue weighted by Gasteiger charge is 2.37. The number of unbranched alkanes of at least 4 members (excludes halogenated alkanes) is 2. The van der Waals surface area contributed by atoms with Crippen LogP contribution in [0.25, 0.3) is 0 Å². The number of hydrogen-bond acceptors (Lipinski definition) is 6. The van der Waals surface area contributed by atoms with Crippen LogP contribution in [0.3, 0.4) is 0 Å². The Bertz CT molecular complexity index is 613. The summed E-state index contributed by atoms with van der Waals surface area (Å²) < 4.78 is 0. The molecule has 4 N–H and O–H groups in total. The Hall–Kier alpha value is -2.00. The van der Waals surface area contributed by atoms with Crippen molar-refractivity contribution in [3.05, 3.63) is 0 Å². The van der Waals surface area contributed by atoms with Crippen LogP contribution in [0.5, 0.6) is 0 Å². The van der Waals surface area contributed by atoms with Crippen LogP contribution in [-0.4, -0.2) is 65.3 Å². The zero-order chi connectivity index (χ0) is 23.4. The summed E-state index contributed by atoms with van der Waals surface area (Å²) in [4.78, 5) is 52.0. The molecule has 1 rings (SSSR count). The third-order valence-corrected chi connectivity index (χ3v) is 6.13. The highest BCUT2D eigenvalue weighted by Crippen LogP contribution is 2.21. The Morgan fingerprint density at radius 2 is 1.87 bits per heavy atom. The van der Waals surface area contributed by atoms with Crippen LogP contribution in [0.4, 0.5) is 4.79 Å². The van der Waals surface area contributed by atoms with Gasteiger partial charge < -0.3 is 15.5 Å². The number of ketones is 2. The largest absolute Gasteiger partial charge is 0.328 e. The SMILES string of the molecule is CCCCC[C@H](CC(=O)NO)C(=O)C1CNCCN1C(=O)N[C@H](C(=O)CC)[C@@H](C)CC. The second-order valence-electron chi connectivity index (χ2n) is 8.38. The molecule has 1 aliphatic heterocycles. The van der Waals surface area contributed by atoms with Gasteiger partial charge in [0.25, 0.3) is 0 Å². The molecule has 0 aliphatic carbocycles. The molecule has 0 saturated carbocycles. The van der Waals surface area contributed by atoms with E-state index >= 15 is 0 Å². The average molecular weight is 441 g/mol. The van der Waals surface area contributed by atoms with Gasteiger partial charge in [0.2, 0.25) is 5.91 Å². The van der Waals surface area contributed by atoms with Crippen LogP contribution in [0.15, 0.2) is 0 Å². The second kappa shape index (κ2) is 14.1. The summed E-state index contributed by atoms with van der Waals surface area (Å²) in [5, 5.41) is 14.9. The van der Waals surface area contributed by atoms with Gasteiger partial charge in [0.05, 0.1) is 6.04 Å². The van der Waals surface area contributed by atoms with E-state index in [1.165, 1.54) is 4.90 Å². The number of hydroxylamine groups is 1. The summed E-state index contributed by atoms with van der Waals surface area (Å²) >= 11 is 0. The molecular formula is C22H40N4O5. The summed E-state index contributed by atoms with van der Waals surface area (Å²) in [6.45, 7) is 8.90. The summed E-state index contributed by atoms with van der Waals surface area (Å²) in [5.41, 5.74) is 1.60. The molecule has 0 aromatic rings. The number of rotatable bonds is 13. The molecule has 178 valence electrons. The van der Waals surface area contributed by atoms with Crippen molar-refractivity contribution in [3.8, 4) is 0 Å². The molecule has 0 radical (unpaired) electrons. The fraction of sp³-hybridized carbons (Fsp3) is 0.818. The molecule has 31 heavy (non-hydrogen) atoms. The minimum Gasteiger partial charge on any atom is -0.328 e. The van der Waals surface area contributed by atoms with Gasteiger partial charge in [-0.05, 0) is 12.3 Å². The van der Waals surface area contributed by atoms with E-state index < -0.39 is 29.9 Å². The van der Waals surface area contributed by atoms with Gasteiger partial charge in [0.15, 0.2) is 11.6 Å². The third-order valence-electron chi connectivity index (χ3n) is 6.13. The van der Waals surface area contributed by atoms with E-state index in [0.717, 1.165) is 25.7 Å². The normalized spacial score (nSPS) is 19.3. The number of carbonyl (C=O) groups is 4. The van der Waals surface area contributed by atoms with Crippen LogP contribution in [0.2, 0.25) is 0 Å². The first-order chi connectivity index (χ1) is 14.8. The maximum Gasteiger partial charge on any atom is 0.318 e. The van der Waals surface area contributed by atoms with Crippen LogP contribution in [0.1, 0.15) is 72.6 Å². The van der Waals surface area contributed by atoms with Crippen molar-refractivity contribution in [1.82, 2.24) is 21.0 Å². The minimum absolute atomic E-state index is 0.0106. The van der Waals surface area contributed by atoms with Crippen molar-refractivity contribution in [2.24, 2.45) is 11.8 Å². The number of amides is 3. The summed E-state index contributed by atoms with van der Waals surface area (Å²) in [7, 11) is 0. The molecule has 1 fully saturated rings. The second-order valence-corrected chi connectivity index (χ2v) is 8.38. The average Bonchev–Trinajstić information content (AvgIpc) is 2.80. The van der Waals surface area contributed by atoms with E-state index in [2.05, 4.69) is 17.6 Å². The Balaban J connectivity index is 3.00. The van der Waals surface area contributed by atoms with Crippen molar-refractivity contribution >= 4 is 23.5 Å². The molecule has 1 aliphatic rings. The molecule has 9 nitrogen and oxygen atoms in total. The quantitative estimate of drug-likeness (QED) is 0.197. The molecule has 4 atom stereocenters. The van der Waals surface area contributed by atoms with E-state index in [-0.39, 0.29) is 23.9 Å². The van der Waals surface area contributed by atoms with E-state index in [4.69, 9.17) is 5.21 Å². The van der Waals surface area contributed by atoms with Gasteiger partial charge >= 0.3 is 6.03 Å². The summed E-state index contributed by atoms with van der Waals surface area (Å²) in [5.74, 6) is -1.42. The lowest BCUT2D eigenvalue weighted by molar-refractivity contribution is -0.136. The fourth-order valence-electron chi connectivity index (χ4n) is 3.94. The molecule has 3 amide bonds. The predicted molar refractivity (Wildman–Crippen MR) is 118 cm³/mol. The topological polar surface area (TPSA) is 128 Å². The van der Waals surface area contributed by atoms with Crippen LogP contribution >= 0.6 is 0 Å². The first-order valence-electron chi connectivity index (χ1n) is 11.6. The van der Waals surface area contributed by atoms with E-state index in [1.807, 2.05) is 13.8 Å². The van der Waals surface area contributed by atoms with Crippen LogP contribution in [0, 0.1) is 11.8 Å². The Kier molecular flexibility index (Phi) is 12.3. The zero-order valence-corrected chi connectivity index (χ0v) is 19.4. The number of carbonyl (C=O) groups excluding carboxylic acids is 4. The van der Waals surface area contributed by atoms with Gasteiger partial charge in [0.1, 0.15) is 6.04 Å². The molecule has 1 saturated heterocycles. The smallest absolute Gasteiger partial charge is 0.318 e. The zero-order valence-electron chi connectivity index (χ0n) is 19.4. The Labute approximate surface area is 185 Å². The van der Waals surface area contributed by atoms with Gasteiger partial charge in [-0.25, -0.2) is 10.3 Å². The highest BCUT2D eigenvalue weighted by molar-refractivity contribution is 5.94. The van der Waals surface area contributed by atoms with Gasteiger partial charge in [-0.3, -0.25) is 19.6 Å². The molecule has 0 bridgehead atoms. The number of piperazine rings is 1. The minimum atomic E-state index is -0.721. The number of nitrogens with one attached hydrogen (secondary N) is 3. The molecule has 0 aromatic heterocycles. The molecule has 1 heterocycles. The molecule has 1 unspecified atom stereocenters. The number of Topliss-reactive ketones (excluding diaryl/α,β-unsaturated/α-hetero) is 2. The Morgan fingerprint density at radius 1 is 1.16 bits per heavy atom. The van der Waals surface area contributed by atoms with E-state index in [0.29, 0.717) is 32.5 Å². The van der Waals surface area contributed by atoms with Crippen molar-refractivity contribution in [2.45, 2.75) is 84.7 Å². The first kappa shape index (κ1) is 27.0. The van der Waals surface area contributed by atoms with E-state index in [1.54, 1.807) is 12.4 Å².